The number of amides is 1. The van der Waals surface area contributed by atoms with Gasteiger partial charge in [-0.15, -0.1) is 0 Å². The molecule has 2 aliphatic carbocycles. The van der Waals surface area contributed by atoms with Crippen LogP contribution in [-0.2, 0) is 6.54 Å². The van der Waals surface area contributed by atoms with Crippen molar-refractivity contribution in [2.75, 3.05) is 13.1 Å². The lowest BCUT2D eigenvalue weighted by molar-refractivity contribution is 0.0730. The van der Waals surface area contributed by atoms with Crippen LogP contribution in [0.1, 0.15) is 54.4 Å². The molecule has 4 atom stereocenters. The van der Waals surface area contributed by atoms with Gasteiger partial charge in [0.2, 0.25) is 0 Å². The number of H-pyrrole nitrogens is 1. The first kappa shape index (κ1) is 23.0. The number of benzene rings is 2. The van der Waals surface area contributed by atoms with Crippen LogP contribution in [0.5, 0.6) is 11.5 Å². The van der Waals surface area contributed by atoms with Gasteiger partial charge in [0.1, 0.15) is 23.8 Å². The first-order chi connectivity index (χ1) is 18.1. The molecule has 2 unspecified atom stereocenters. The van der Waals surface area contributed by atoms with Gasteiger partial charge in [-0.25, -0.2) is 4.39 Å². The van der Waals surface area contributed by atoms with Gasteiger partial charge in [-0.3, -0.25) is 9.89 Å². The molecule has 3 fully saturated rings. The van der Waals surface area contributed by atoms with Crippen LogP contribution in [0.2, 0.25) is 0 Å². The van der Waals surface area contributed by atoms with Crippen LogP contribution < -0.4 is 14.8 Å². The second kappa shape index (κ2) is 9.31. The second-order valence-electron chi connectivity index (χ2n) is 11.2. The highest BCUT2D eigenvalue weighted by Crippen LogP contribution is 2.50. The summed E-state index contributed by atoms with van der Waals surface area (Å²) in [5, 5.41) is 10.8. The van der Waals surface area contributed by atoms with Crippen LogP contribution in [0, 0.1) is 11.8 Å². The summed E-state index contributed by atoms with van der Waals surface area (Å²) in [5.41, 5.74) is 3.02. The lowest BCUT2D eigenvalue weighted by Gasteiger charge is -2.30. The molecule has 194 valence electrons. The number of aromatic nitrogens is 2. The summed E-state index contributed by atoms with van der Waals surface area (Å²) in [5.74, 6) is 3.40. The van der Waals surface area contributed by atoms with Gasteiger partial charge < -0.3 is 19.7 Å². The number of nitrogens with one attached hydrogen (secondary N) is 2. The summed E-state index contributed by atoms with van der Waals surface area (Å²) in [4.78, 5) is 14.7. The number of hydrogen-bond donors (Lipinski definition) is 2. The van der Waals surface area contributed by atoms with Crippen molar-refractivity contribution < 1.29 is 18.7 Å². The van der Waals surface area contributed by atoms with E-state index < -0.39 is 6.17 Å². The maximum Gasteiger partial charge on any atom is 0.254 e. The predicted molar refractivity (Wildman–Crippen MR) is 137 cm³/mol. The summed E-state index contributed by atoms with van der Waals surface area (Å²) in [6.45, 7) is 1.99. The summed E-state index contributed by atoms with van der Waals surface area (Å²) < 4.78 is 25.4. The number of carbonyl (C=O) groups is 1. The third-order valence-corrected chi connectivity index (χ3v) is 8.79. The van der Waals surface area contributed by atoms with E-state index >= 15 is 0 Å². The smallest absolute Gasteiger partial charge is 0.254 e. The van der Waals surface area contributed by atoms with Gasteiger partial charge in [0.15, 0.2) is 0 Å². The van der Waals surface area contributed by atoms with Gasteiger partial charge in [0, 0.05) is 30.1 Å². The molecule has 9 rings (SSSR count). The number of fused-ring (bicyclic) bond motifs is 3. The van der Waals surface area contributed by atoms with Gasteiger partial charge in [0.05, 0.1) is 17.8 Å². The van der Waals surface area contributed by atoms with Gasteiger partial charge in [0.25, 0.3) is 5.91 Å². The number of carbonyl (C=O) groups excluding carboxylic acids is 1. The number of piperidine rings is 1. The fourth-order valence-corrected chi connectivity index (χ4v) is 6.63. The number of alkyl halides is 1. The van der Waals surface area contributed by atoms with E-state index in [0.717, 1.165) is 47.1 Å². The Balaban J connectivity index is 0.000000127. The van der Waals surface area contributed by atoms with Gasteiger partial charge in [-0.2, -0.15) is 5.10 Å². The molecule has 4 aliphatic heterocycles. The molecule has 8 heteroatoms. The Morgan fingerprint density at radius 2 is 1.97 bits per heavy atom. The molecule has 3 aromatic rings. The Kier molecular flexibility index (Phi) is 5.80. The zero-order chi connectivity index (χ0) is 24.9. The summed E-state index contributed by atoms with van der Waals surface area (Å²) in [7, 11) is 0. The monoisotopic (exact) mass is 504 g/mol. The third-order valence-electron chi connectivity index (χ3n) is 8.79. The Morgan fingerprint density at radius 1 is 1.08 bits per heavy atom. The third kappa shape index (κ3) is 4.45. The number of rotatable bonds is 2. The average Bonchev–Trinajstić information content (AvgIpc) is 3.43. The van der Waals surface area contributed by atoms with E-state index in [4.69, 9.17) is 9.47 Å². The van der Waals surface area contributed by atoms with Crippen molar-refractivity contribution >= 4 is 16.8 Å². The van der Waals surface area contributed by atoms with Gasteiger partial charge >= 0.3 is 0 Å². The molecule has 7 nitrogen and oxygen atoms in total. The molecule has 2 N–H and O–H groups in total. The number of nitrogens with zero attached hydrogens (tertiary/aromatic N) is 2. The number of aromatic amines is 1. The Labute approximate surface area is 215 Å². The zero-order valence-electron chi connectivity index (χ0n) is 20.9. The zero-order valence-corrected chi connectivity index (χ0v) is 20.9. The summed E-state index contributed by atoms with van der Waals surface area (Å²) in [6.07, 6.45) is 7.64. The van der Waals surface area contributed by atoms with E-state index in [1.54, 1.807) is 6.20 Å². The van der Waals surface area contributed by atoms with E-state index in [2.05, 4.69) is 26.5 Å². The summed E-state index contributed by atoms with van der Waals surface area (Å²) in [6, 6.07) is 12.2. The van der Waals surface area contributed by atoms with Crippen molar-refractivity contribution in [3.63, 3.8) is 0 Å². The van der Waals surface area contributed by atoms with Crippen molar-refractivity contribution in [1.82, 2.24) is 20.4 Å². The number of halogens is 1. The van der Waals surface area contributed by atoms with Crippen LogP contribution in [0.25, 0.3) is 10.9 Å². The average molecular weight is 505 g/mol. The Bertz CT molecular complexity index is 1300. The summed E-state index contributed by atoms with van der Waals surface area (Å²) >= 11 is 0. The second-order valence-corrected chi connectivity index (χ2v) is 11.2. The normalized spacial score (nSPS) is 31.6. The minimum absolute atomic E-state index is 0.231. The molecule has 0 radical (unpaired) electrons. The van der Waals surface area contributed by atoms with E-state index in [-0.39, 0.29) is 12.0 Å². The van der Waals surface area contributed by atoms with E-state index in [0.29, 0.717) is 30.9 Å². The Morgan fingerprint density at radius 3 is 2.84 bits per heavy atom. The molecule has 5 bridgehead atoms. The molecule has 1 amide bonds. The van der Waals surface area contributed by atoms with E-state index in [1.807, 2.05) is 30.3 Å². The highest BCUT2D eigenvalue weighted by molar-refractivity contribution is 5.99. The van der Waals surface area contributed by atoms with Crippen molar-refractivity contribution in [2.24, 2.45) is 11.8 Å². The fourth-order valence-electron chi connectivity index (χ4n) is 6.63. The molecule has 6 aliphatic rings. The van der Waals surface area contributed by atoms with Crippen molar-refractivity contribution in [3.8, 4) is 11.5 Å². The van der Waals surface area contributed by atoms with Crippen LogP contribution in [-0.4, -0.2) is 58.5 Å². The lowest BCUT2D eigenvalue weighted by atomic mass is 9.84. The minimum atomic E-state index is -0.941. The van der Waals surface area contributed by atoms with Crippen LogP contribution in [0.15, 0.2) is 42.6 Å². The maximum absolute atomic E-state index is 13.6. The number of ether oxygens (including phenoxy) is 2. The standard InChI is InChI=1S/C17H19NO2.C12H14FN3O/c19-17-15-7-13-6-3-11(15)9-18(17)16-8-14(16)10-1-4-12(20-13)5-2-10;13-10-7-14-4-3-12(10)17-9-1-2-11-8(5-9)6-15-16-11/h3,6-7,10,12,14,16H,1-2,4-5,8-9H2;1-2,5-6,10,12,14H,3-4,7H2,(H,15,16)/t;10-,12+/m.0/s1. The quantitative estimate of drug-likeness (QED) is 0.532. The van der Waals surface area contributed by atoms with Crippen LogP contribution >= 0.6 is 0 Å². The molecule has 5 heterocycles. The molecule has 2 aromatic carbocycles. The maximum atomic E-state index is 13.6. The SMILES string of the molecule is F[C@H]1CNCC[C@H]1Oc1ccc2[nH]ncc2c1.O=C1c2cc3ccc2CN1C1CC1C1CCC(CC1)O3. The van der Waals surface area contributed by atoms with Crippen LogP contribution in [0.3, 0.4) is 0 Å². The van der Waals surface area contributed by atoms with Crippen molar-refractivity contribution in [2.45, 2.75) is 69.5 Å². The molecule has 2 saturated carbocycles. The van der Waals surface area contributed by atoms with Crippen molar-refractivity contribution in [3.05, 3.63) is 53.7 Å². The molecular formula is C29H33FN4O3. The highest BCUT2D eigenvalue weighted by Gasteiger charge is 2.50. The highest BCUT2D eigenvalue weighted by atomic mass is 19.1. The molecule has 1 saturated heterocycles. The first-order valence-corrected chi connectivity index (χ1v) is 13.7. The minimum Gasteiger partial charge on any atom is -0.490 e. The van der Waals surface area contributed by atoms with Crippen LogP contribution in [0.4, 0.5) is 4.39 Å². The lowest BCUT2D eigenvalue weighted by Crippen LogP contribution is -2.44. The molecular weight excluding hydrogens is 471 g/mol. The predicted octanol–water partition coefficient (Wildman–Crippen LogP) is 4.62. The Hall–Kier alpha value is -3.13. The van der Waals surface area contributed by atoms with Gasteiger partial charge in [-0.1, -0.05) is 6.07 Å². The van der Waals surface area contributed by atoms with E-state index in [1.165, 1.54) is 37.7 Å². The number of hydrogen-bond acceptors (Lipinski definition) is 5. The molecule has 0 spiro atoms. The molecule has 37 heavy (non-hydrogen) atoms. The van der Waals surface area contributed by atoms with E-state index in [9.17, 15) is 9.18 Å². The van der Waals surface area contributed by atoms with Gasteiger partial charge in [-0.05, 0) is 92.8 Å². The fraction of sp³-hybridized carbons (Fsp3) is 0.517. The largest absolute Gasteiger partial charge is 0.490 e. The first-order valence-electron chi connectivity index (χ1n) is 13.7. The molecule has 1 aromatic heterocycles. The topological polar surface area (TPSA) is 79.5 Å². The van der Waals surface area contributed by atoms with Crippen molar-refractivity contribution in [1.29, 1.82) is 0 Å².